The minimum atomic E-state index is -0.268. The first kappa shape index (κ1) is 23.3. The zero-order valence-corrected chi connectivity index (χ0v) is 21.0. The maximum Gasteiger partial charge on any atom is 0.273 e. The highest BCUT2D eigenvalue weighted by atomic mass is 16.2. The van der Waals surface area contributed by atoms with E-state index >= 15 is 0 Å². The first-order valence-electron chi connectivity index (χ1n) is 12.7. The first-order chi connectivity index (χ1) is 17.8. The van der Waals surface area contributed by atoms with E-state index in [1.165, 1.54) is 0 Å². The van der Waals surface area contributed by atoms with E-state index in [4.69, 9.17) is 0 Å². The van der Waals surface area contributed by atoms with E-state index in [1.54, 1.807) is 22.0 Å². The molecule has 0 radical (unpaired) electrons. The van der Waals surface area contributed by atoms with E-state index in [0.29, 0.717) is 17.3 Å². The van der Waals surface area contributed by atoms with Crippen LogP contribution in [0, 0.1) is 37.0 Å². The molecular formula is C27H28N8O2. The summed E-state index contributed by atoms with van der Waals surface area (Å²) in [5.41, 5.74) is 4.51. The number of aryl methyl sites for hydroxylation is 2. The van der Waals surface area contributed by atoms with Gasteiger partial charge in [-0.3, -0.25) is 19.5 Å². The van der Waals surface area contributed by atoms with Crippen LogP contribution in [-0.4, -0.2) is 49.4 Å². The summed E-state index contributed by atoms with van der Waals surface area (Å²) in [5.74, 6) is 1.47. The Morgan fingerprint density at radius 3 is 2.76 bits per heavy atom. The third-order valence-electron chi connectivity index (χ3n) is 7.97. The topological polar surface area (TPSA) is 130 Å². The number of aromatic nitrogens is 5. The summed E-state index contributed by atoms with van der Waals surface area (Å²) < 4.78 is 1.66. The second-order valence-electron chi connectivity index (χ2n) is 10.5. The number of nitrogens with one attached hydrogen (secondary N) is 1. The predicted molar refractivity (Wildman–Crippen MR) is 134 cm³/mol. The van der Waals surface area contributed by atoms with E-state index in [1.807, 2.05) is 39.0 Å². The van der Waals surface area contributed by atoms with Crippen LogP contribution >= 0.6 is 0 Å². The minimum Gasteiger partial charge on any atom is -0.348 e. The SMILES string of the molecule is Cc1ccc(C#N)c(C2CC(NC(=O)c3cn(C(C)c4cnc(N5C[C@H]6C[C@H]6C5=O)cc4C)nn3)C2)n1. The number of amides is 2. The van der Waals surface area contributed by atoms with Crippen LogP contribution in [0.3, 0.4) is 0 Å². The number of piperidine rings is 1. The van der Waals surface area contributed by atoms with E-state index in [2.05, 4.69) is 31.7 Å². The van der Waals surface area contributed by atoms with Crippen molar-refractivity contribution >= 4 is 17.6 Å². The second kappa shape index (κ2) is 8.76. The number of nitrogens with zero attached hydrogens (tertiary/aromatic N) is 7. The van der Waals surface area contributed by atoms with Crippen LogP contribution in [0.5, 0.6) is 0 Å². The molecule has 3 atom stereocenters. The molecule has 1 saturated heterocycles. The Bertz CT molecular complexity index is 1450. The van der Waals surface area contributed by atoms with Crippen molar-refractivity contribution in [1.82, 2.24) is 30.3 Å². The molecule has 1 aliphatic heterocycles. The summed E-state index contributed by atoms with van der Waals surface area (Å²) in [7, 11) is 0. The molecule has 1 N–H and O–H groups in total. The number of hydrogen-bond acceptors (Lipinski definition) is 7. The van der Waals surface area contributed by atoms with Gasteiger partial charge in [-0.15, -0.1) is 5.10 Å². The average molecular weight is 497 g/mol. The highest BCUT2D eigenvalue weighted by Gasteiger charge is 2.52. The van der Waals surface area contributed by atoms with Crippen molar-refractivity contribution in [2.24, 2.45) is 11.8 Å². The first-order valence-corrected chi connectivity index (χ1v) is 12.7. The fraction of sp³-hybridized carbons (Fsp3) is 0.444. The molecule has 3 fully saturated rings. The Morgan fingerprint density at radius 1 is 1.24 bits per heavy atom. The highest BCUT2D eigenvalue weighted by Crippen LogP contribution is 2.47. The summed E-state index contributed by atoms with van der Waals surface area (Å²) >= 11 is 0. The summed E-state index contributed by atoms with van der Waals surface area (Å²) in [6.45, 7) is 6.65. The molecule has 1 unspecified atom stereocenters. The molecule has 3 aliphatic rings. The van der Waals surface area contributed by atoms with E-state index in [9.17, 15) is 14.9 Å². The molecule has 2 amide bonds. The summed E-state index contributed by atoms with van der Waals surface area (Å²) in [6, 6.07) is 7.64. The molecule has 3 aromatic rings. The van der Waals surface area contributed by atoms with Crippen molar-refractivity contribution in [3.05, 3.63) is 64.4 Å². The monoisotopic (exact) mass is 496 g/mol. The van der Waals surface area contributed by atoms with Gasteiger partial charge in [0.05, 0.1) is 23.5 Å². The second-order valence-corrected chi connectivity index (χ2v) is 10.5. The van der Waals surface area contributed by atoms with Crippen LogP contribution in [0.4, 0.5) is 5.82 Å². The predicted octanol–water partition coefficient (Wildman–Crippen LogP) is 2.82. The maximum atomic E-state index is 12.8. The van der Waals surface area contributed by atoms with Gasteiger partial charge in [-0.25, -0.2) is 9.67 Å². The van der Waals surface area contributed by atoms with E-state index < -0.39 is 0 Å². The number of fused-ring (bicyclic) bond motifs is 1. The summed E-state index contributed by atoms with van der Waals surface area (Å²) in [4.78, 5) is 36.1. The quantitative estimate of drug-likeness (QED) is 0.555. The van der Waals surface area contributed by atoms with Crippen molar-refractivity contribution in [3.63, 3.8) is 0 Å². The number of carbonyl (C=O) groups is 2. The van der Waals surface area contributed by atoms with Crippen molar-refractivity contribution < 1.29 is 9.59 Å². The number of carbonyl (C=O) groups excluding carboxylic acids is 2. The van der Waals surface area contributed by atoms with Gasteiger partial charge >= 0.3 is 0 Å². The minimum absolute atomic E-state index is 0.00671. The van der Waals surface area contributed by atoms with Gasteiger partial charge in [-0.05, 0) is 75.3 Å². The number of rotatable bonds is 6. The lowest BCUT2D eigenvalue weighted by atomic mass is 9.76. The standard InChI is InChI=1S/C27H28N8O2/c1-14-6-24(34-12-19-9-21(19)27(34)37)29-11-22(14)16(3)35-13-23(32-33-35)26(36)31-20-7-18(8-20)25-17(10-28)5-4-15(2)30-25/h4-6,11,13,16,18-21H,7-9,12H2,1-3H3,(H,31,36)/t16?,18?,19-,20?,21-/m1/s1. The smallest absolute Gasteiger partial charge is 0.273 e. The molecule has 0 spiro atoms. The third kappa shape index (κ3) is 4.14. The van der Waals surface area contributed by atoms with Gasteiger partial charge in [0, 0.05) is 36.3 Å². The van der Waals surface area contributed by atoms with Crippen molar-refractivity contribution in [3.8, 4) is 6.07 Å². The highest BCUT2D eigenvalue weighted by molar-refractivity contribution is 5.99. The molecule has 0 bridgehead atoms. The lowest BCUT2D eigenvalue weighted by molar-refractivity contribution is -0.118. The van der Waals surface area contributed by atoms with E-state index in [0.717, 1.165) is 48.3 Å². The van der Waals surface area contributed by atoms with Crippen LogP contribution in [0.2, 0.25) is 0 Å². The molecule has 6 rings (SSSR count). The number of anilines is 1. The van der Waals surface area contributed by atoms with Gasteiger partial charge in [0.25, 0.3) is 5.91 Å². The Balaban J connectivity index is 1.08. The molecule has 10 heteroatoms. The largest absolute Gasteiger partial charge is 0.348 e. The van der Waals surface area contributed by atoms with Crippen LogP contribution in [0.1, 0.15) is 76.7 Å². The number of nitriles is 1. The normalized spacial score (nSPS) is 24.7. The zero-order chi connectivity index (χ0) is 25.8. The zero-order valence-electron chi connectivity index (χ0n) is 21.0. The van der Waals surface area contributed by atoms with Crippen LogP contribution < -0.4 is 10.2 Å². The fourth-order valence-corrected chi connectivity index (χ4v) is 5.53. The van der Waals surface area contributed by atoms with Gasteiger partial charge in [0.15, 0.2) is 5.69 Å². The summed E-state index contributed by atoms with van der Waals surface area (Å²) in [5, 5.41) is 20.7. The third-order valence-corrected chi connectivity index (χ3v) is 7.97. The number of hydrogen-bond donors (Lipinski definition) is 1. The number of pyridine rings is 2. The maximum absolute atomic E-state index is 12.8. The molecule has 37 heavy (non-hydrogen) atoms. The molecule has 0 aromatic carbocycles. The molecule has 2 aliphatic carbocycles. The van der Waals surface area contributed by atoms with Gasteiger partial charge in [-0.1, -0.05) is 5.21 Å². The van der Waals surface area contributed by atoms with Crippen molar-refractivity contribution in [1.29, 1.82) is 5.26 Å². The van der Waals surface area contributed by atoms with Crippen molar-refractivity contribution in [2.45, 2.75) is 58.0 Å². The molecule has 188 valence electrons. The fourth-order valence-electron chi connectivity index (χ4n) is 5.53. The Hall–Kier alpha value is -4.13. The average Bonchev–Trinajstić information content (AvgIpc) is 3.31. The molecule has 4 heterocycles. The molecule has 3 aromatic heterocycles. The van der Waals surface area contributed by atoms with Gasteiger partial charge in [-0.2, -0.15) is 5.26 Å². The molecule has 2 saturated carbocycles. The van der Waals surface area contributed by atoms with Crippen LogP contribution in [0.25, 0.3) is 0 Å². The molecular weight excluding hydrogens is 468 g/mol. The van der Waals surface area contributed by atoms with Crippen molar-refractivity contribution in [2.75, 3.05) is 11.4 Å². The Kier molecular flexibility index (Phi) is 5.51. The lowest BCUT2D eigenvalue weighted by Crippen LogP contribution is -2.43. The molecule has 10 nitrogen and oxygen atoms in total. The summed E-state index contributed by atoms with van der Waals surface area (Å²) in [6.07, 6.45) is 5.92. The Labute approximate surface area is 214 Å². The van der Waals surface area contributed by atoms with Gasteiger partial charge < -0.3 is 5.32 Å². The lowest BCUT2D eigenvalue weighted by Gasteiger charge is -2.35. The van der Waals surface area contributed by atoms with E-state index in [-0.39, 0.29) is 41.4 Å². The van der Waals surface area contributed by atoms with Gasteiger partial charge in [0.2, 0.25) is 5.91 Å². The Morgan fingerprint density at radius 2 is 2.05 bits per heavy atom. The van der Waals surface area contributed by atoms with Crippen LogP contribution in [-0.2, 0) is 4.79 Å². The van der Waals surface area contributed by atoms with Gasteiger partial charge in [0.1, 0.15) is 11.9 Å². The van der Waals surface area contributed by atoms with Crippen LogP contribution in [0.15, 0.2) is 30.6 Å².